The molecule has 0 aliphatic rings. The van der Waals surface area contributed by atoms with Crippen molar-refractivity contribution in [3.63, 3.8) is 0 Å². The van der Waals surface area contributed by atoms with Gasteiger partial charge in [-0.1, -0.05) is 48.5 Å². The van der Waals surface area contributed by atoms with Crippen LogP contribution in [0.4, 0.5) is 0 Å². The number of benzene rings is 2. The summed E-state index contributed by atoms with van der Waals surface area (Å²) in [6, 6.07) is 23.2. The molecule has 1 atom stereocenters. The Labute approximate surface area is 185 Å². The van der Waals surface area contributed by atoms with Gasteiger partial charge in [-0.25, -0.2) is 4.98 Å². The van der Waals surface area contributed by atoms with Crippen molar-refractivity contribution in [2.24, 2.45) is 0 Å². The molecule has 6 heteroatoms. The van der Waals surface area contributed by atoms with E-state index in [0.29, 0.717) is 11.5 Å². The van der Waals surface area contributed by atoms with Crippen LogP contribution in [0.25, 0.3) is 10.6 Å². The number of carbonyl (C=O) groups is 1. The molecule has 0 bridgehead atoms. The highest BCUT2D eigenvalue weighted by Crippen LogP contribution is 2.28. The van der Waals surface area contributed by atoms with Crippen molar-refractivity contribution >= 4 is 17.2 Å². The van der Waals surface area contributed by atoms with Crippen LogP contribution >= 0.6 is 11.3 Å². The van der Waals surface area contributed by atoms with Crippen molar-refractivity contribution in [2.45, 2.75) is 26.5 Å². The lowest BCUT2D eigenvalue weighted by atomic mass is 10.1. The summed E-state index contributed by atoms with van der Waals surface area (Å²) in [4.78, 5) is 22.4. The molecule has 0 saturated heterocycles. The van der Waals surface area contributed by atoms with Gasteiger partial charge >= 0.3 is 0 Å². The predicted molar refractivity (Wildman–Crippen MR) is 123 cm³/mol. The monoisotopic (exact) mass is 429 g/mol. The van der Waals surface area contributed by atoms with E-state index < -0.39 is 0 Å². The minimum Gasteiger partial charge on any atom is -0.487 e. The first-order valence-electron chi connectivity index (χ1n) is 10.1. The molecule has 4 rings (SSSR count). The van der Waals surface area contributed by atoms with Gasteiger partial charge < -0.3 is 10.1 Å². The van der Waals surface area contributed by atoms with Crippen molar-refractivity contribution in [3.8, 4) is 16.3 Å². The summed E-state index contributed by atoms with van der Waals surface area (Å²) in [7, 11) is 0. The first-order chi connectivity index (χ1) is 15.1. The van der Waals surface area contributed by atoms with E-state index in [-0.39, 0.29) is 11.9 Å². The van der Waals surface area contributed by atoms with Crippen LogP contribution < -0.4 is 10.1 Å². The Balaban J connectivity index is 1.43. The number of nitrogens with one attached hydrogen (secondary N) is 1. The molecule has 1 unspecified atom stereocenters. The second kappa shape index (κ2) is 9.53. The van der Waals surface area contributed by atoms with Crippen LogP contribution in [-0.2, 0) is 6.61 Å². The number of aryl methyl sites for hydroxylation is 1. The smallest absolute Gasteiger partial charge is 0.263 e. The molecule has 1 N–H and O–H groups in total. The lowest BCUT2D eigenvalue weighted by molar-refractivity contribution is 0.0943. The van der Waals surface area contributed by atoms with Gasteiger partial charge in [0.05, 0.1) is 17.4 Å². The van der Waals surface area contributed by atoms with Crippen LogP contribution in [-0.4, -0.2) is 15.9 Å². The fourth-order valence-corrected chi connectivity index (χ4v) is 4.15. The van der Waals surface area contributed by atoms with E-state index in [9.17, 15) is 4.79 Å². The first-order valence-corrected chi connectivity index (χ1v) is 10.9. The average Bonchev–Trinajstić information content (AvgIpc) is 3.21. The Morgan fingerprint density at radius 1 is 1.06 bits per heavy atom. The van der Waals surface area contributed by atoms with Gasteiger partial charge in [-0.05, 0) is 43.7 Å². The largest absolute Gasteiger partial charge is 0.487 e. The van der Waals surface area contributed by atoms with Crippen molar-refractivity contribution in [1.29, 1.82) is 0 Å². The summed E-state index contributed by atoms with van der Waals surface area (Å²) in [6.07, 6.45) is 1.75. The maximum Gasteiger partial charge on any atom is 0.263 e. The third kappa shape index (κ3) is 5.16. The lowest BCUT2D eigenvalue weighted by Crippen LogP contribution is -2.26. The molecule has 31 heavy (non-hydrogen) atoms. The Morgan fingerprint density at radius 3 is 2.65 bits per heavy atom. The summed E-state index contributed by atoms with van der Waals surface area (Å²) in [6.45, 7) is 4.23. The maximum absolute atomic E-state index is 12.9. The number of rotatable bonds is 7. The molecule has 1 amide bonds. The highest BCUT2D eigenvalue weighted by Gasteiger charge is 2.18. The van der Waals surface area contributed by atoms with E-state index in [1.54, 1.807) is 6.20 Å². The zero-order chi connectivity index (χ0) is 21.6. The average molecular weight is 430 g/mol. The van der Waals surface area contributed by atoms with Gasteiger partial charge in [0.2, 0.25) is 0 Å². The highest BCUT2D eigenvalue weighted by molar-refractivity contribution is 7.17. The van der Waals surface area contributed by atoms with E-state index in [0.717, 1.165) is 33.3 Å². The van der Waals surface area contributed by atoms with E-state index in [1.165, 1.54) is 11.3 Å². The quantitative estimate of drug-likeness (QED) is 0.416. The fourth-order valence-electron chi connectivity index (χ4n) is 3.17. The number of amides is 1. The van der Waals surface area contributed by atoms with Crippen LogP contribution in [0.15, 0.2) is 79.0 Å². The van der Waals surface area contributed by atoms with Crippen LogP contribution in [0.3, 0.4) is 0 Å². The number of carbonyl (C=O) groups excluding carboxylic acids is 1. The minimum absolute atomic E-state index is 0.121. The molecule has 2 aromatic heterocycles. The number of ether oxygens (including phenoxy) is 1. The van der Waals surface area contributed by atoms with Gasteiger partial charge in [0, 0.05) is 11.8 Å². The van der Waals surface area contributed by atoms with Gasteiger partial charge in [0.1, 0.15) is 22.2 Å². The number of hydrogen-bond acceptors (Lipinski definition) is 5. The Bertz CT molecular complexity index is 1160. The zero-order valence-electron chi connectivity index (χ0n) is 17.4. The summed E-state index contributed by atoms with van der Waals surface area (Å²) >= 11 is 1.41. The number of aromatic nitrogens is 2. The number of pyridine rings is 1. The Kier molecular flexibility index (Phi) is 6.38. The van der Waals surface area contributed by atoms with Crippen LogP contribution in [0.1, 0.15) is 39.6 Å². The van der Waals surface area contributed by atoms with Crippen LogP contribution in [0.5, 0.6) is 5.75 Å². The van der Waals surface area contributed by atoms with E-state index >= 15 is 0 Å². The second-order valence-electron chi connectivity index (χ2n) is 7.18. The molecule has 5 nitrogen and oxygen atoms in total. The van der Waals surface area contributed by atoms with E-state index in [1.807, 2.05) is 86.6 Å². The molecule has 0 fully saturated rings. The van der Waals surface area contributed by atoms with Crippen molar-refractivity contribution in [1.82, 2.24) is 15.3 Å². The topological polar surface area (TPSA) is 64.1 Å². The molecule has 156 valence electrons. The van der Waals surface area contributed by atoms with Gasteiger partial charge in [-0.3, -0.25) is 9.78 Å². The molecule has 0 aliphatic heterocycles. The molecule has 2 heterocycles. The Morgan fingerprint density at radius 2 is 1.87 bits per heavy atom. The van der Waals surface area contributed by atoms with Crippen molar-refractivity contribution in [2.75, 3.05) is 0 Å². The van der Waals surface area contributed by atoms with Crippen molar-refractivity contribution in [3.05, 3.63) is 101 Å². The molecule has 4 aromatic rings. The van der Waals surface area contributed by atoms with Crippen LogP contribution in [0, 0.1) is 6.92 Å². The number of nitrogens with zero attached hydrogens (tertiary/aromatic N) is 2. The second-order valence-corrected chi connectivity index (χ2v) is 8.18. The summed E-state index contributed by atoms with van der Waals surface area (Å²) < 4.78 is 5.86. The molecule has 0 radical (unpaired) electrons. The molecular formula is C25H23N3O2S. The van der Waals surface area contributed by atoms with E-state index in [4.69, 9.17) is 4.74 Å². The lowest BCUT2D eigenvalue weighted by Gasteiger charge is -2.15. The van der Waals surface area contributed by atoms with Gasteiger partial charge in [0.15, 0.2) is 0 Å². The van der Waals surface area contributed by atoms with Gasteiger partial charge in [-0.2, -0.15) is 0 Å². The number of hydrogen-bond donors (Lipinski definition) is 1. The third-order valence-electron chi connectivity index (χ3n) is 4.84. The van der Waals surface area contributed by atoms with Gasteiger partial charge in [0.25, 0.3) is 5.91 Å². The van der Waals surface area contributed by atoms with Crippen LogP contribution in [0.2, 0.25) is 0 Å². The third-order valence-corrected chi connectivity index (χ3v) is 6.05. The SMILES string of the molecule is Cc1nc(-c2ccccc2)sc1C(=O)NC(C)c1cccc(OCc2ccccn2)c1. The molecule has 0 aliphatic carbocycles. The highest BCUT2D eigenvalue weighted by atomic mass is 32.1. The Hall–Kier alpha value is -3.51. The van der Waals surface area contributed by atoms with Crippen molar-refractivity contribution < 1.29 is 9.53 Å². The summed E-state index contributed by atoms with van der Waals surface area (Å²) in [5.41, 5.74) is 3.59. The number of thiazole rings is 1. The van der Waals surface area contributed by atoms with E-state index in [2.05, 4.69) is 15.3 Å². The fraction of sp³-hybridized carbons (Fsp3) is 0.160. The molecule has 0 spiro atoms. The predicted octanol–water partition coefficient (Wildman–Crippen LogP) is 5.58. The zero-order valence-corrected chi connectivity index (χ0v) is 18.2. The maximum atomic E-state index is 12.9. The van der Waals surface area contributed by atoms with Gasteiger partial charge in [-0.15, -0.1) is 11.3 Å². The summed E-state index contributed by atoms with van der Waals surface area (Å²) in [5, 5.41) is 3.93. The minimum atomic E-state index is -0.174. The standard InChI is InChI=1S/C25H23N3O2S/c1-17(20-11-8-13-22(15-20)30-16-21-12-6-7-14-26-21)27-24(29)23-18(2)28-25(31-23)19-9-4-3-5-10-19/h3-15,17H,16H2,1-2H3,(H,27,29). The molecule has 2 aromatic carbocycles. The molecular weight excluding hydrogens is 406 g/mol. The summed E-state index contributed by atoms with van der Waals surface area (Å²) in [5.74, 6) is 0.620. The first kappa shape index (κ1) is 20.8. The normalized spacial score (nSPS) is 11.7. The molecule has 0 saturated carbocycles.